The molecule has 3 heterocycles. The number of azo groups is 1. The van der Waals surface area contributed by atoms with Gasteiger partial charge in [-0.15, -0.1) is 20.4 Å². The molecule has 0 bridgehead atoms. The number of benzene rings is 2. The Morgan fingerprint density at radius 3 is 2.47 bits per heavy atom. The number of aromatic nitrogens is 2. The first-order valence-electron chi connectivity index (χ1n) is 15.1. The molecule has 0 spiro atoms. The van der Waals surface area contributed by atoms with Crippen LogP contribution in [0.5, 0.6) is 0 Å². The summed E-state index contributed by atoms with van der Waals surface area (Å²) in [6.07, 6.45) is 8.44. The first-order chi connectivity index (χ1) is 21.1. The summed E-state index contributed by atoms with van der Waals surface area (Å²) in [5.74, 6) is 1.07. The van der Waals surface area contributed by atoms with Gasteiger partial charge in [0.1, 0.15) is 5.00 Å². The number of thioether (sulfide) groups is 1. The molecule has 0 amide bonds. The molecule has 9 nitrogen and oxygen atoms in total. The second-order valence-corrected chi connectivity index (χ2v) is 13.9. The van der Waals surface area contributed by atoms with Gasteiger partial charge in [0.15, 0.2) is 4.34 Å². The Morgan fingerprint density at radius 1 is 0.837 bits per heavy atom. The molecule has 12 heteroatoms. The minimum atomic E-state index is 0.591. The molecule has 43 heavy (non-hydrogen) atoms. The molecule has 5 rings (SSSR count). The Morgan fingerprint density at radius 2 is 1.65 bits per heavy atom. The van der Waals surface area contributed by atoms with Gasteiger partial charge in [0.25, 0.3) is 5.13 Å². The Bertz CT molecular complexity index is 1480. The first kappa shape index (κ1) is 31.1. The zero-order chi connectivity index (χ0) is 29.9. The lowest BCUT2D eigenvalue weighted by Crippen LogP contribution is -2.15. The number of anilines is 5. The average molecular weight is 636 g/mol. The molecular weight excluding hydrogens is 595 g/mol. The van der Waals surface area contributed by atoms with E-state index in [0.717, 1.165) is 68.5 Å². The minimum Gasteiger partial charge on any atom is -0.363 e. The Hall–Kier alpha value is -3.35. The van der Waals surface area contributed by atoms with Crippen molar-refractivity contribution in [1.29, 1.82) is 0 Å². The van der Waals surface area contributed by atoms with Gasteiger partial charge in [0.05, 0.1) is 27.8 Å². The van der Waals surface area contributed by atoms with Crippen molar-refractivity contribution < 1.29 is 0 Å². The van der Waals surface area contributed by atoms with E-state index < -0.39 is 0 Å². The van der Waals surface area contributed by atoms with Crippen LogP contribution in [-0.4, -0.2) is 29.0 Å². The number of hydrazine groups is 2. The highest BCUT2D eigenvalue weighted by molar-refractivity contribution is 8.01. The summed E-state index contributed by atoms with van der Waals surface area (Å²) in [6.45, 7) is 8.77. The number of thiophene rings is 1. The molecule has 0 saturated carbocycles. The summed E-state index contributed by atoms with van der Waals surface area (Å²) in [6, 6.07) is 16.7. The topological polar surface area (TPSA) is 102 Å². The smallest absolute Gasteiger partial charge is 0.252 e. The van der Waals surface area contributed by atoms with E-state index in [2.05, 4.69) is 104 Å². The van der Waals surface area contributed by atoms with Crippen molar-refractivity contribution in [2.24, 2.45) is 10.2 Å². The number of nitrogens with zero attached hydrogens (tertiary/aromatic N) is 5. The van der Waals surface area contributed by atoms with E-state index in [9.17, 15) is 0 Å². The summed E-state index contributed by atoms with van der Waals surface area (Å²) in [5, 5.41) is 20.3. The Labute approximate surface area is 266 Å². The molecule has 0 unspecified atom stereocenters. The van der Waals surface area contributed by atoms with Crippen LogP contribution < -0.4 is 26.6 Å². The van der Waals surface area contributed by atoms with E-state index in [4.69, 9.17) is 0 Å². The van der Waals surface area contributed by atoms with Crippen molar-refractivity contribution in [1.82, 2.24) is 10.2 Å². The lowest BCUT2D eigenvalue weighted by Gasteiger charge is -2.15. The number of nitrogens with one attached hydrogen (secondary N) is 4. The van der Waals surface area contributed by atoms with Crippen LogP contribution in [0, 0.1) is 6.92 Å². The van der Waals surface area contributed by atoms with Crippen LogP contribution in [-0.2, 0) is 6.42 Å². The molecule has 1 aliphatic rings. The standard InChI is InChI=1S/C31H41N9S3/c1-4-6-7-10-19-41-31-39-38-30(43-31)37-35-27-14-12-25(21-23(27)5-2)32-34-26-13-11-24(20-22(26)3)33-36-28-15-16-29(42-28)40-17-8-9-18-40/h11-16,20-21,32-34,36H,4-10,17-19H2,1-3H3/b37-35+. The first-order valence-corrected chi connectivity index (χ1v) is 17.7. The summed E-state index contributed by atoms with van der Waals surface area (Å²) >= 11 is 5.04. The normalized spacial score (nSPS) is 13.1. The van der Waals surface area contributed by atoms with Gasteiger partial charge in [-0.2, -0.15) is 0 Å². The van der Waals surface area contributed by atoms with Crippen molar-refractivity contribution in [3.05, 3.63) is 59.7 Å². The van der Waals surface area contributed by atoms with Gasteiger partial charge in [-0.25, -0.2) is 0 Å². The molecule has 0 atom stereocenters. The van der Waals surface area contributed by atoms with Gasteiger partial charge >= 0.3 is 0 Å². The molecule has 1 saturated heterocycles. The van der Waals surface area contributed by atoms with E-state index >= 15 is 0 Å². The van der Waals surface area contributed by atoms with Crippen molar-refractivity contribution in [2.45, 2.75) is 70.1 Å². The highest BCUT2D eigenvalue weighted by atomic mass is 32.2. The number of hydrogen-bond acceptors (Lipinski definition) is 12. The third kappa shape index (κ3) is 9.07. The van der Waals surface area contributed by atoms with Crippen LogP contribution in [0.2, 0.25) is 0 Å². The van der Waals surface area contributed by atoms with Gasteiger partial charge in [0, 0.05) is 18.8 Å². The van der Waals surface area contributed by atoms with Crippen LogP contribution in [0.4, 0.5) is 37.9 Å². The fourth-order valence-corrected chi connectivity index (χ4v) is 7.43. The Kier molecular flexibility index (Phi) is 11.5. The lowest BCUT2D eigenvalue weighted by atomic mass is 10.1. The monoisotopic (exact) mass is 635 g/mol. The van der Waals surface area contributed by atoms with Crippen LogP contribution in [0.25, 0.3) is 0 Å². The van der Waals surface area contributed by atoms with E-state index in [1.807, 2.05) is 12.1 Å². The largest absolute Gasteiger partial charge is 0.363 e. The second-order valence-electron chi connectivity index (χ2n) is 10.5. The molecule has 4 N–H and O–H groups in total. The lowest BCUT2D eigenvalue weighted by molar-refractivity contribution is 0.706. The predicted molar refractivity (Wildman–Crippen MR) is 186 cm³/mol. The Balaban J connectivity index is 1.11. The van der Waals surface area contributed by atoms with Crippen molar-refractivity contribution in [3.63, 3.8) is 0 Å². The molecule has 4 aromatic rings. The quantitative estimate of drug-likeness (QED) is 0.0418. The molecule has 2 aromatic carbocycles. The third-order valence-electron chi connectivity index (χ3n) is 7.23. The molecular formula is C31H41N9S3. The van der Waals surface area contributed by atoms with Gasteiger partial charge in [0.2, 0.25) is 0 Å². The van der Waals surface area contributed by atoms with E-state index in [-0.39, 0.29) is 0 Å². The van der Waals surface area contributed by atoms with Crippen LogP contribution in [0.1, 0.15) is 63.5 Å². The fourth-order valence-electron chi connectivity index (χ4n) is 4.79. The van der Waals surface area contributed by atoms with E-state index in [1.165, 1.54) is 54.9 Å². The van der Waals surface area contributed by atoms with Crippen LogP contribution in [0.3, 0.4) is 0 Å². The molecule has 0 aliphatic carbocycles. The zero-order valence-corrected chi connectivity index (χ0v) is 27.6. The maximum absolute atomic E-state index is 4.49. The summed E-state index contributed by atoms with van der Waals surface area (Å²) in [4.78, 5) is 2.46. The SMILES string of the molecule is CCCCCCSc1nnc(/N=N/c2ccc(NNc3ccc(NNc4ccc(N5CCCC5)s4)cc3C)cc2CC)s1. The summed E-state index contributed by atoms with van der Waals surface area (Å²) in [5.41, 5.74) is 19.4. The van der Waals surface area contributed by atoms with E-state index in [0.29, 0.717) is 5.13 Å². The number of unbranched alkanes of at least 4 members (excludes halogenated alkanes) is 3. The number of aryl methyl sites for hydroxylation is 2. The van der Waals surface area contributed by atoms with Gasteiger partial charge in [-0.05, 0) is 92.3 Å². The molecule has 1 aliphatic heterocycles. The van der Waals surface area contributed by atoms with Gasteiger partial charge in [-0.3, -0.25) is 5.43 Å². The molecule has 228 valence electrons. The maximum Gasteiger partial charge on any atom is 0.252 e. The van der Waals surface area contributed by atoms with Crippen molar-refractivity contribution >= 4 is 72.3 Å². The summed E-state index contributed by atoms with van der Waals surface area (Å²) < 4.78 is 0.955. The maximum atomic E-state index is 4.49. The summed E-state index contributed by atoms with van der Waals surface area (Å²) in [7, 11) is 0. The number of hydrogen-bond donors (Lipinski definition) is 4. The van der Waals surface area contributed by atoms with Gasteiger partial charge < -0.3 is 21.2 Å². The molecule has 2 aromatic heterocycles. The number of rotatable bonds is 16. The average Bonchev–Trinajstić information content (AvgIpc) is 3.81. The molecule has 0 radical (unpaired) electrons. The van der Waals surface area contributed by atoms with Gasteiger partial charge in [-0.1, -0.05) is 67.5 Å². The highest BCUT2D eigenvalue weighted by Gasteiger charge is 2.14. The van der Waals surface area contributed by atoms with Crippen molar-refractivity contribution in [2.75, 3.05) is 45.4 Å². The van der Waals surface area contributed by atoms with E-state index in [1.54, 1.807) is 23.1 Å². The minimum absolute atomic E-state index is 0.591. The fraction of sp³-hybridized carbons (Fsp3) is 0.419. The highest BCUT2D eigenvalue weighted by Crippen LogP contribution is 2.33. The second kappa shape index (κ2) is 15.9. The zero-order valence-electron chi connectivity index (χ0n) is 25.2. The van der Waals surface area contributed by atoms with Crippen LogP contribution >= 0.6 is 34.4 Å². The predicted octanol–water partition coefficient (Wildman–Crippen LogP) is 10.0. The van der Waals surface area contributed by atoms with Crippen molar-refractivity contribution in [3.8, 4) is 0 Å². The third-order valence-corrected chi connectivity index (χ3v) is 10.3. The molecule has 1 fully saturated rings. The van der Waals surface area contributed by atoms with Crippen LogP contribution in [0.15, 0.2) is 63.1 Å².